The number of rotatable bonds is 4. The molecular weight excluding hydrogens is 413 g/mol. The fourth-order valence-electron chi connectivity index (χ4n) is 3.46. The van der Waals surface area contributed by atoms with Crippen LogP contribution in [0.4, 0.5) is 24.5 Å². The summed E-state index contributed by atoms with van der Waals surface area (Å²) in [6.07, 6.45) is -2.00. The minimum Gasteiger partial charge on any atom is -0.368 e. The Morgan fingerprint density at radius 1 is 1.10 bits per heavy atom. The first-order valence-electron chi connectivity index (χ1n) is 8.96. The van der Waals surface area contributed by atoms with Gasteiger partial charge in [-0.25, -0.2) is 8.42 Å². The van der Waals surface area contributed by atoms with Crippen molar-refractivity contribution in [2.24, 2.45) is 0 Å². The number of nitro benzene ring substituents is 1. The average molecular weight is 430 g/mol. The summed E-state index contributed by atoms with van der Waals surface area (Å²) in [4.78, 5) is 16.3. The molecule has 0 radical (unpaired) electrons. The molecule has 0 atom stereocenters. The van der Waals surface area contributed by atoms with Gasteiger partial charge in [0.05, 0.1) is 38.5 Å². The Hall–Kier alpha value is -2.47. The predicted molar refractivity (Wildman–Crippen MR) is 99.1 cm³/mol. The van der Waals surface area contributed by atoms with Crippen molar-refractivity contribution in [1.29, 1.82) is 0 Å². The highest BCUT2D eigenvalue weighted by molar-refractivity contribution is 7.90. The van der Waals surface area contributed by atoms with Gasteiger partial charge in [0.15, 0.2) is 0 Å². The zero-order chi connectivity index (χ0) is 21.0. The number of hydrogen-bond donors (Lipinski definition) is 0. The maximum atomic E-state index is 13.0. The quantitative estimate of drug-likeness (QED) is 0.547. The van der Waals surface area contributed by atoms with E-state index in [1.807, 2.05) is 4.90 Å². The van der Waals surface area contributed by atoms with E-state index in [9.17, 15) is 31.7 Å². The summed E-state index contributed by atoms with van der Waals surface area (Å²) in [7, 11) is -3.27. The molecule has 12 heteroatoms. The van der Waals surface area contributed by atoms with Crippen LogP contribution in [-0.2, 0) is 16.2 Å². The van der Waals surface area contributed by atoms with Gasteiger partial charge in [-0.05, 0) is 25.0 Å². The highest BCUT2D eigenvalue weighted by Crippen LogP contribution is 2.37. The van der Waals surface area contributed by atoms with E-state index < -0.39 is 32.4 Å². The maximum Gasteiger partial charge on any atom is 0.416 e. The fourth-order valence-corrected chi connectivity index (χ4v) is 5.29. The van der Waals surface area contributed by atoms with E-state index in [4.69, 9.17) is 0 Å². The number of nitro groups is 1. The molecule has 2 aromatic rings. The van der Waals surface area contributed by atoms with E-state index in [2.05, 4.69) is 4.98 Å². The Labute approximate surface area is 164 Å². The van der Waals surface area contributed by atoms with Crippen LogP contribution in [0, 0.1) is 10.1 Å². The number of alkyl halides is 3. The molecule has 8 nitrogen and oxygen atoms in total. The van der Waals surface area contributed by atoms with Gasteiger partial charge < -0.3 is 4.90 Å². The third-order valence-electron chi connectivity index (χ3n) is 5.20. The molecule has 1 aliphatic heterocycles. The Balaban J connectivity index is 1.62. The van der Waals surface area contributed by atoms with Crippen LogP contribution in [0.3, 0.4) is 0 Å². The van der Waals surface area contributed by atoms with Crippen LogP contribution in [0.25, 0.3) is 10.9 Å². The van der Waals surface area contributed by atoms with E-state index >= 15 is 0 Å². The van der Waals surface area contributed by atoms with E-state index in [0.717, 1.165) is 6.07 Å². The Kier molecular flexibility index (Phi) is 4.65. The normalized spacial score (nSPS) is 18.9. The molecule has 156 valence electrons. The summed E-state index contributed by atoms with van der Waals surface area (Å²) in [5.74, 6) is 0. The smallest absolute Gasteiger partial charge is 0.368 e. The maximum absolute atomic E-state index is 13.0. The zero-order valence-corrected chi connectivity index (χ0v) is 15.9. The second-order valence-corrected chi connectivity index (χ2v) is 9.35. The molecule has 0 amide bonds. The lowest BCUT2D eigenvalue weighted by atomic mass is 10.1. The Morgan fingerprint density at radius 2 is 1.76 bits per heavy atom. The third-order valence-corrected chi connectivity index (χ3v) is 7.60. The SMILES string of the molecule is O=[N+]([O-])c1cc(C(F)(F)F)cc2ncc(N3CCN(S(=O)(=O)C4CC4)CC3)cc12. The second kappa shape index (κ2) is 6.80. The molecule has 2 fully saturated rings. The highest BCUT2D eigenvalue weighted by atomic mass is 32.2. The average Bonchev–Trinajstić information content (AvgIpc) is 3.52. The van der Waals surface area contributed by atoms with Crippen molar-refractivity contribution >= 4 is 32.3 Å². The van der Waals surface area contributed by atoms with Gasteiger partial charge in [-0.15, -0.1) is 0 Å². The standard InChI is InChI=1S/C17H17F3N4O4S/c18-17(19,20)11-7-15-14(16(8-11)24(25)26)9-12(10-21-15)22-3-5-23(6-4-22)29(27,28)13-1-2-13/h7-10,13H,1-6H2. The molecule has 1 saturated heterocycles. The molecule has 1 aliphatic carbocycles. The van der Waals surface area contributed by atoms with Gasteiger partial charge >= 0.3 is 6.18 Å². The van der Waals surface area contributed by atoms with Crippen LogP contribution >= 0.6 is 0 Å². The van der Waals surface area contributed by atoms with Crippen molar-refractivity contribution in [3.05, 3.63) is 40.1 Å². The minimum absolute atomic E-state index is 0.00790. The molecule has 1 aromatic heterocycles. The molecule has 29 heavy (non-hydrogen) atoms. The van der Waals surface area contributed by atoms with Crippen LogP contribution in [0.2, 0.25) is 0 Å². The van der Waals surface area contributed by atoms with Crippen LogP contribution in [0.1, 0.15) is 18.4 Å². The molecule has 0 N–H and O–H groups in total. The first-order chi connectivity index (χ1) is 13.6. The second-order valence-electron chi connectivity index (χ2n) is 7.14. The Bertz CT molecular complexity index is 1080. The highest BCUT2D eigenvalue weighted by Gasteiger charge is 2.41. The van der Waals surface area contributed by atoms with Gasteiger partial charge in [0.1, 0.15) is 0 Å². The van der Waals surface area contributed by atoms with Crippen molar-refractivity contribution in [3.63, 3.8) is 0 Å². The molecule has 0 spiro atoms. The first kappa shape index (κ1) is 19.8. The van der Waals surface area contributed by atoms with E-state index in [1.54, 1.807) is 0 Å². The summed E-state index contributed by atoms with van der Waals surface area (Å²) in [5.41, 5.74) is -1.41. The molecule has 1 aromatic carbocycles. The third kappa shape index (κ3) is 3.73. The van der Waals surface area contributed by atoms with Gasteiger partial charge in [-0.3, -0.25) is 15.1 Å². The number of anilines is 1. The van der Waals surface area contributed by atoms with Crippen LogP contribution in [-0.4, -0.2) is 54.1 Å². The number of aromatic nitrogens is 1. The van der Waals surface area contributed by atoms with Crippen LogP contribution in [0.15, 0.2) is 24.4 Å². The van der Waals surface area contributed by atoms with Gasteiger partial charge in [-0.2, -0.15) is 17.5 Å². The number of pyridine rings is 1. The predicted octanol–water partition coefficient (Wildman–Crippen LogP) is 2.78. The minimum atomic E-state index is -4.72. The van der Waals surface area contributed by atoms with Crippen molar-refractivity contribution in [2.45, 2.75) is 24.3 Å². The summed E-state index contributed by atoms with van der Waals surface area (Å²) >= 11 is 0. The Morgan fingerprint density at radius 3 is 2.31 bits per heavy atom. The monoisotopic (exact) mass is 430 g/mol. The zero-order valence-electron chi connectivity index (χ0n) is 15.1. The number of nitrogens with zero attached hydrogens (tertiary/aromatic N) is 4. The molecule has 2 aliphatic rings. The van der Waals surface area contributed by atoms with Crippen molar-refractivity contribution in [1.82, 2.24) is 9.29 Å². The number of benzene rings is 1. The summed E-state index contributed by atoms with van der Waals surface area (Å²) < 4.78 is 65.1. The largest absolute Gasteiger partial charge is 0.416 e. The fraction of sp³-hybridized carbons (Fsp3) is 0.471. The summed E-state index contributed by atoms with van der Waals surface area (Å²) in [6, 6.07) is 2.73. The lowest BCUT2D eigenvalue weighted by molar-refractivity contribution is -0.383. The van der Waals surface area contributed by atoms with Crippen LogP contribution in [0.5, 0.6) is 0 Å². The molecule has 0 unspecified atom stereocenters. The number of sulfonamides is 1. The number of piperazine rings is 1. The number of halogens is 3. The lowest BCUT2D eigenvalue weighted by Crippen LogP contribution is -2.49. The summed E-state index contributed by atoms with van der Waals surface area (Å²) in [6.45, 7) is 1.30. The number of fused-ring (bicyclic) bond motifs is 1. The number of non-ortho nitro benzene ring substituents is 1. The van der Waals surface area contributed by atoms with Crippen molar-refractivity contribution in [3.8, 4) is 0 Å². The lowest BCUT2D eigenvalue weighted by Gasteiger charge is -2.35. The van der Waals surface area contributed by atoms with E-state index in [0.29, 0.717) is 37.7 Å². The summed E-state index contributed by atoms with van der Waals surface area (Å²) in [5, 5.41) is 11.0. The topological polar surface area (TPSA) is 96.7 Å². The van der Waals surface area contributed by atoms with Crippen molar-refractivity contribution in [2.75, 3.05) is 31.1 Å². The van der Waals surface area contributed by atoms with E-state index in [1.165, 1.54) is 16.6 Å². The molecule has 2 heterocycles. The van der Waals surface area contributed by atoms with Crippen molar-refractivity contribution < 1.29 is 26.5 Å². The van der Waals surface area contributed by atoms with Gasteiger partial charge in [-0.1, -0.05) is 0 Å². The molecule has 1 saturated carbocycles. The molecule has 0 bridgehead atoms. The van der Waals surface area contributed by atoms with Crippen LogP contribution < -0.4 is 4.90 Å². The van der Waals surface area contributed by atoms with E-state index in [-0.39, 0.29) is 29.2 Å². The van der Waals surface area contributed by atoms with Gasteiger partial charge in [0.25, 0.3) is 5.69 Å². The first-order valence-corrected chi connectivity index (χ1v) is 10.5. The molecule has 4 rings (SSSR count). The van der Waals surface area contributed by atoms with Gasteiger partial charge in [0.2, 0.25) is 10.0 Å². The van der Waals surface area contributed by atoms with Gasteiger partial charge in [0, 0.05) is 32.2 Å². The number of hydrogen-bond acceptors (Lipinski definition) is 6. The molecular formula is C17H17F3N4O4S.